The fourth-order valence-corrected chi connectivity index (χ4v) is 10.4. The van der Waals surface area contributed by atoms with Crippen molar-refractivity contribution in [2.75, 3.05) is 74.6 Å². The van der Waals surface area contributed by atoms with Crippen LogP contribution in [0.25, 0.3) is 10.9 Å². The van der Waals surface area contributed by atoms with Crippen LogP contribution in [0.4, 0.5) is 23.1 Å². The molecule has 0 bridgehead atoms. The molecule has 3 N–H and O–H groups in total. The molecule has 1 aliphatic carbocycles. The zero-order valence-electron chi connectivity index (χ0n) is 35.4. The van der Waals surface area contributed by atoms with E-state index in [0.29, 0.717) is 46.7 Å². The third-order valence-corrected chi connectivity index (χ3v) is 13.7. The third kappa shape index (κ3) is 8.17. The fourth-order valence-electron chi connectivity index (χ4n) is 10.2. The number of piperidine rings is 1. The summed E-state index contributed by atoms with van der Waals surface area (Å²) in [6.45, 7) is 10.5. The monoisotopic (exact) mass is 864 g/mol. The van der Waals surface area contributed by atoms with Crippen LogP contribution in [0.2, 0.25) is 5.02 Å². The highest BCUT2D eigenvalue weighted by atomic mass is 35.5. The van der Waals surface area contributed by atoms with Crippen LogP contribution in [0.1, 0.15) is 74.3 Å². The van der Waals surface area contributed by atoms with Crippen molar-refractivity contribution in [3.05, 3.63) is 75.2 Å². The Kier molecular flexibility index (Phi) is 11.3. The van der Waals surface area contributed by atoms with Gasteiger partial charge >= 0.3 is 0 Å². The van der Waals surface area contributed by atoms with Crippen LogP contribution in [-0.2, 0) is 20.9 Å². The Labute approximate surface area is 364 Å². The SMILES string of the molecule is CNC(=O)COc1cc2cc(Nc3nc(N4CCN(CC5CCC6(CCN(c7ccc8c(c7)CN(C7CCC(=O)NC7=O)C8=O)C6)C5)CC4)ncc3Cl)ccc2n(C(C)C)c1=O. The summed E-state index contributed by atoms with van der Waals surface area (Å²) in [5.41, 5.74) is 4.19. The average Bonchev–Trinajstić information content (AvgIpc) is 3.96. The van der Waals surface area contributed by atoms with Crippen molar-refractivity contribution in [3.63, 3.8) is 0 Å². The molecule has 326 valence electrons. The van der Waals surface area contributed by atoms with E-state index < -0.39 is 6.04 Å². The Morgan fingerprint density at radius 2 is 1.82 bits per heavy atom. The zero-order chi connectivity index (χ0) is 43.3. The van der Waals surface area contributed by atoms with Crippen molar-refractivity contribution in [1.29, 1.82) is 0 Å². The van der Waals surface area contributed by atoms with Crippen molar-refractivity contribution >= 4 is 69.3 Å². The molecule has 62 heavy (non-hydrogen) atoms. The molecule has 2 aromatic heterocycles. The number of fused-ring (bicyclic) bond motifs is 2. The number of amides is 4. The van der Waals surface area contributed by atoms with E-state index in [-0.39, 0.29) is 54.0 Å². The molecule has 1 saturated carbocycles. The van der Waals surface area contributed by atoms with E-state index in [9.17, 15) is 24.0 Å². The summed E-state index contributed by atoms with van der Waals surface area (Å²) in [5.74, 6) is 0.703. The summed E-state index contributed by atoms with van der Waals surface area (Å²) < 4.78 is 7.28. The van der Waals surface area contributed by atoms with Crippen molar-refractivity contribution < 1.29 is 23.9 Å². The van der Waals surface area contributed by atoms with E-state index in [4.69, 9.17) is 21.3 Å². The molecule has 4 aromatic rings. The molecule has 4 aliphatic heterocycles. The molecule has 3 atom stereocenters. The predicted octanol–water partition coefficient (Wildman–Crippen LogP) is 4.47. The van der Waals surface area contributed by atoms with Crippen molar-refractivity contribution in [1.82, 2.24) is 35.0 Å². The van der Waals surface area contributed by atoms with Crippen LogP contribution in [0.15, 0.2) is 53.5 Å². The smallest absolute Gasteiger partial charge is 0.293 e. The lowest BCUT2D eigenvalue weighted by molar-refractivity contribution is -0.137. The van der Waals surface area contributed by atoms with Crippen LogP contribution < -0.4 is 36.0 Å². The number of halogens is 1. The second-order valence-corrected chi connectivity index (χ2v) is 18.2. The minimum absolute atomic E-state index is 0.0983. The Morgan fingerprint density at radius 1 is 1.00 bits per heavy atom. The quantitative estimate of drug-likeness (QED) is 0.181. The number of anilines is 4. The number of carbonyl (C=O) groups is 4. The molecule has 17 heteroatoms. The maximum Gasteiger partial charge on any atom is 0.293 e. The van der Waals surface area contributed by atoms with Gasteiger partial charge < -0.3 is 34.6 Å². The molecular weight excluding hydrogens is 812 g/mol. The first-order valence-corrected chi connectivity index (χ1v) is 22.1. The number of hydrogen-bond donors (Lipinski definition) is 3. The summed E-state index contributed by atoms with van der Waals surface area (Å²) in [7, 11) is 1.52. The standard InChI is InChI=1S/C45H53ClN10O6/c1-27(2)56-35-7-4-31(18-29(35)20-37(43(56)61)62-25-39(58)47-3)49-40-34(46)22-48-44(51-40)53-16-14-52(15-17-53)23-28-10-11-45(21-28)12-13-54(26-45)32-5-6-33-30(19-32)24-55(42(33)60)36-8-9-38(57)50-41(36)59/h4-7,18-20,22,27-28,36H,8-17,21,23-26H2,1-3H3,(H,47,58)(H,48,49,51)(H,50,57,59). The molecule has 1 spiro atoms. The van der Waals surface area contributed by atoms with E-state index >= 15 is 0 Å². The highest BCUT2D eigenvalue weighted by Crippen LogP contribution is 2.49. The van der Waals surface area contributed by atoms with Gasteiger partial charge in [-0.1, -0.05) is 11.6 Å². The number of ether oxygens (including phenoxy) is 1. The van der Waals surface area contributed by atoms with Gasteiger partial charge in [-0.05, 0) is 105 Å². The normalized spacial score (nSPS) is 22.9. The lowest BCUT2D eigenvalue weighted by Gasteiger charge is -2.36. The predicted molar refractivity (Wildman–Crippen MR) is 236 cm³/mol. The van der Waals surface area contributed by atoms with Gasteiger partial charge in [0.1, 0.15) is 11.1 Å². The maximum atomic E-state index is 13.3. The number of likely N-dealkylation sites (N-methyl/N-ethyl adjacent to an activating group) is 1. The maximum absolute atomic E-state index is 13.3. The number of rotatable bonds is 11. The second kappa shape index (κ2) is 16.9. The Morgan fingerprint density at radius 3 is 2.60 bits per heavy atom. The second-order valence-electron chi connectivity index (χ2n) is 17.8. The molecule has 5 aliphatic rings. The van der Waals surface area contributed by atoms with Gasteiger partial charge in [-0.15, -0.1) is 0 Å². The highest BCUT2D eigenvalue weighted by Gasteiger charge is 2.45. The highest BCUT2D eigenvalue weighted by molar-refractivity contribution is 6.33. The molecule has 3 saturated heterocycles. The topological polar surface area (TPSA) is 174 Å². The molecule has 2 aromatic carbocycles. The molecule has 3 unspecified atom stereocenters. The van der Waals surface area contributed by atoms with E-state index in [1.807, 2.05) is 38.1 Å². The molecular formula is C45H53ClN10O6. The summed E-state index contributed by atoms with van der Waals surface area (Å²) >= 11 is 6.63. The van der Waals surface area contributed by atoms with Crippen LogP contribution >= 0.6 is 11.6 Å². The number of benzene rings is 2. The molecule has 6 heterocycles. The number of hydrogen-bond acceptors (Lipinski definition) is 12. The summed E-state index contributed by atoms with van der Waals surface area (Å²) in [6.07, 6.45) is 7.04. The Balaban J connectivity index is 0.788. The number of pyridine rings is 1. The molecule has 0 radical (unpaired) electrons. The third-order valence-electron chi connectivity index (χ3n) is 13.4. The zero-order valence-corrected chi connectivity index (χ0v) is 36.2. The fraction of sp³-hybridized carbons (Fsp3) is 0.489. The van der Waals surface area contributed by atoms with Crippen molar-refractivity contribution in [2.24, 2.45) is 11.3 Å². The van der Waals surface area contributed by atoms with Crippen LogP contribution in [0, 0.1) is 11.3 Å². The first kappa shape index (κ1) is 41.6. The minimum Gasteiger partial charge on any atom is -0.478 e. The number of nitrogens with one attached hydrogen (secondary N) is 3. The lowest BCUT2D eigenvalue weighted by Crippen LogP contribution is -2.52. The van der Waals surface area contributed by atoms with Crippen molar-refractivity contribution in [2.45, 2.75) is 71.0 Å². The molecule has 16 nitrogen and oxygen atoms in total. The molecule has 4 amide bonds. The molecule has 9 rings (SSSR count). The number of carbonyl (C=O) groups excluding carboxylic acids is 4. The van der Waals surface area contributed by atoms with E-state index in [0.717, 1.165) is 80.1 Å². The van der Waals surface area contributed by atoms with Crippen LogP contribution in [0.3, 0.4) is 0 Å². The summed E-state index contributed by atoms with van der Waals surface area (Å²) in [5, 5.41) is 9.40. The van der Waals surface area contributed by atoms with Gasteiger partial charge in [0.05, 0.1) is 11.7 Å². The first-order chi connectivity index (χ1) is 29.9. The van der Waals surface area contributed by atoms with Crippen LogP contribution in [-0.4, -0.2) is 113 Å². The van der Waals surface area contributed by atoms with Gasteiger partial charge in [0, 0.05) is 94.2 Å². The number of piperazine rings is 1. The van der Waals surface area contributed by atoms with Gasteiger partial charge in [-0.3, -0.25) is 34.2 Å². The summed E-state index contributed by atoms with van der Waals surface area (Å²) in [4.78, 5) is 80.9. The summed E-state index contributed by atoms with van der Waals surface area (Å²) in [6, 6.07) is 12.7. The Hall–Kier alpha value is -5.74. The van der Waals surface area contributed by atoms with E-state index in [1.165, 1.54) is 26.3 Å². The largest absolute Gasteiger partial charge is 0.478 e. The number of imide groups is 1. The van der Waals surface area contributed by atoms with Crippen LogP contribution in [0.5, 0.6) is 5.75 Å². The van der Waals surface area contributed by atoms with Gasteiger partial charge in [0.25, 0.3) is 17.4 Å². The van der Waals surface area contributed by atoms with E-state index in [2.05, 4.69) is 47.8 Å². The minimum atomic E-state index is -0.607. The van der Waals surface area contributed by atoms with E-state index in [1.54, 1.807) is 21.7 Å². The number of nitrogens with zero attached hydrogens (tertiary/aromatic N) is 7. The van der Waals surface area contributed by atoms with Gasteiger partial charge in [0.15, 0.2) is 18.2 Å². The number of aromatic nitrogens is 3. The van der Waals surface area contributed by atoms with Crippen molar-refractivity contribution in [3.8, 4) is 5.75 Å². The van der Waals surface area contributed by atoms with Gasteiger partial charge in [-0.2, -0.15) is 4.98 Å². The first-order valence-electron chi connectivity index (χ1n) is 21.7. The lowest BCUT2D eigenvalue weighted by atomic mass is 9.84. The Bertz CT molecular complexity index is 2500. The van der Waals surface area contributed by atoms with Gasteiger partial charge in [0.2, 0.25) is 17.8 Å². The van der Waals surface area contributed by atoms with Gasteiger partial charge in [-0.25, -0.2) is 4.98 Å². The molecule has 4 fully saturated rings. The average molecular weight is 865 g/mol.